The summed E-state index contributed by atoms with van der Waals surface area (Å²) in [6, 6.07) is 5.67. The molecule has 10 nitrogen and oxygen atoms in total. The van der Waals surface area contributed by atoms with E-state index in [2.05, 4.69) is 20.3 Å². The van der Waals surface area contributed by atoms with E-state index in [0.717, 1.165) is 36.9 Å². The molecule has 0 aromatic carbocycles. The minimum Gasteiger partial charge on any atom is -0.481 e. The van der Waals surface area contributed by atoms with Crippen LogP contribution in [0.25, 0.3) is 22.3 Å². The number of carbonyl (C=O) groups excluding carboxylic acids is 1. The van der Waals surface area contributed by atoms with E-state index in [1.165, 1.54) is 13.4 Å². The molecule has 178 valence electrons. The van der Waals surface area contributed by atoms with Gasteiger partial charge in [0.15, 0.2) is 5.82 Å². The maximum Gasteiger partial charge on any atom is 0.225 e. The number of pyridine rings is 2. The van der Waals surface area contributed by atoms with Crippen molar-refractivity contribution in [3.8, 4) is 17.1 Å². The fraction of sp³-hybridized carbons (Fsp3) is 0.458. The molecule has 5 heterocycles. The average Bonchev–Trinajstić information content (AvgIpc) is 3.36. The molecule has 2 saturated heterocycles. The van der Waals surface area contributed by atoms with Gasteiger partial charge in [0.05, 0.1) is 24.9 Å². The van der Waals surface area contributed by atoms with Crippen molar-refractivity contribution in [3.05, 3.63) is 36.3 Å². The van der Waals surface area contributed by atoms with E-state index < -0.39 is 0 Å². The van der Waals surface area contributed by atoms with Gasteiger partial charge < -0.3 is 24.8 Å². The summed E-state index contributed by atoms with van der Waals surface area (Å²) in [5, 5.41) is 13.1. The van der Waals surface area contributed by atoms with Gasteiger partial charge in [-0.25, -0.2) is 19.9 Å². The molecule has 1 amide bonds. The molecule has 1 atom stereocenters. The van der Waals surface area contributed by atoms with Gasteiger partial charge in [-0.05, 0) is 37.5 Å². The first-order valence-corrected chi connectivity index (χ1v) is 11.5. The summed E-state index contributed by atoms with van der Waals surface area (Å²) in [5.74, 6) is 1.32. The highest BCUT2D eigenvalue weighted by atomic mass is 16.5. The predicted molar refractivity (Wildman–Crippen MR) is 125 cm³/mol. The van der Waals surface area contributed by atoms with Crippen LogP contribution in [0.15, 0.2) is 30.7 Å². The van der Waals surface area contributed by atoms with Gasteiger partial charge in [-0.1, -0.05) is 0 Å². The Hall–Kier alpha value is -3.37. The van der Waals surface area contributed by atoms with Gasteiger partial charge in [-0.3, -0.25) is 4.79 Å². The number of aliphatic hydroxyl groups excluding tert-OH is 1. The molecule has 0 bridgehead atoms. The molecule has 2 fully saturated rings. The van der Waals surface area contributed by atoms with Crippen LogP contribution < -0.4 is 10.1 Å². The van der Waals surface area contributed by atoms with Crippen LogP contribution in [-0.4, -0.2) is 75.3 Å². The molecule has 0 radical (unpaired) electrons. The Balaban J connectivity index is 1.35. The molecule has 34 heavy (non-hydrogen) atoms. The zero-order valence-electron chi connectivity index (χ0n) is 19.1. The lowest BCUT2D eigenvalue weighted by atomic mass is 9.99. The number of hydrogen-bond acceptors (Lipinski definition) is 9. The molecular weight excluding hydrogens is 436 g/mol. The van der Waals surface area contributed by atoms with Crippen molar-refractivity contribution in [1.82, 2.24) is 24.8 Å². The number of ether oxygens (including phenoxy) is 2. The zero-order valence-corrected chi connectivity index (χ0v) is 19.1. The molecule has 2 aliphatic rings. The number of amides is 1. The third-order valence-corrected chi connectivity index (χ3v) is 6.48. The minimum atomic E-state index is -0.182. The molecule has 2 N–H and O–H groups in total. The van der Waals surface area contributed by atoms with Crippen molar-refractivity contribution < 1.29 is 19.4 Å². The van der Waals surface area contributed by atoms with E-state index in [0.29, 0.717) is 48.2 Å². The van der Waals surface area contributed by atoms with Crippen molar-refractivity contribution in [2.24, 2.45) is 5.92 Å². The number of aromatic nitrogens is 4. The molecule has 0 unspecified atom stereocenters. The van der Waals surface area contributed by atoms with E-state index in [4.69, 9.17) is 14.5 Å². The van der Waals surface area contributed by atoms with Gasteiger partial charge in [0.25, 0.3) is 0 Å². The molecular formula is C24H28N6O4. The monoisotopic (exact) mass is 464 g/mol. The highest BCUT2D eigenvalue weighted by Crippen LogP contribution is 2.28. The SMILES string of the molecule is COc1ncc(-c2ccc3ncnc(N[C@H]4CCN(C(=O)C5CCOCC5)C4)c3n2)cc1CO. The highest BCUT2D eigenvalue weighted by Gasteiger charge is 2.32. The average molecular weight is 465 g/mol. The molecule has 3 aromatic heterocycles. The van der Waals surface area contributed by atoms with E-state index in [-0.39, 0.29) is 24.5 Å². The molecule has 0 saturated carbocycles. The lowest BCUT2D eigenvalue weighted by molar-refractivity contribution is -0.137. The topological polar surface area (TPSA) is 123 Å². The van der Waals surface area contributed by atoms with Crippen molar-refractivity contribution >= 4 is 22.8 Å². The Labute approximate surface area is 197 Å². The van der Waals surface area contributed by atoms with E-state index in [1.54, 1.807) is 6.20 Å². The zero-order chi connectivity index (χ0) is 23.5. The first-order chi connectivity index (χ1) is 16.7. The van der Waals surface area contributed by atoms with Crippen LogP contribution in [0.5, 0.6) is 5.88 Å². The summed E-state index contributed by atoms with van der Waals surface area (Å²) in [5.41, 5.74) is 3.41. The normalized spacial score (nSPS) is 18.9. The number of nitrogens with zero attached hydrogens (tertiary/aromatic N) is 5. The second kappa shape index (κ2) is 9.86. The van der Waals surface area contributed by atoms with Crippen LogP contribution in [0, 0.1) is 5.92 Å². The second-order valence-electron chi connectivity index (χ2n) is 8.64. The third-order valence-electron chi connectivity index (χ3n) is 6.48. The van der Waals surface area contributed by atoms with Crippen LogP contribution in [0.2, 0.25) is 0 Å². The van der Waals surface area contributed by atoms with Crippen molar-refractivity contribution in [2.75, 3.05) is 38.7 Å². The lowest BCUT2D eigenvalue weighted by Crippen LogP contribution is -2.38. The quantitative estimate of drug-likeness (QED) is 0.564. The molecule has 0 spiro atoms. The number of nitrogens with one attached hydrogen (secondary N) is 1. The summed E-state index contributed by atoms with van der Waals surface area (Å²) in [6.45, 7) is 2.52. The molecule has 5 rings (SSSR count). The van der Waals surface area contributed by atoms with Gasteiger partial charge in [-0.15, -0.1) is 0 Å². The van der Waals surface area contributed by atoms with Crippen LogP contribution >= 0.6 is 0 Å². The van der Waals surface area contributed by atoms with Gasteiger partial charge in [-0.2, -0.15) is 0 Å². The van der Waals surface area contributed by atoms with Crippen molar-refractivity contribution in [2.45, 2.75) is 31.9 Å². The summed E-state index contributed by atoms with van der Waals surface area (Å²) < 4.78 is 10.6. The van der Waals surface area contributed by atoms with Crippen LogP contribution in [0.3, 0.4) is 0 Å². The summed E-state index contributed by atoms with van der Waals surface area (Å²) >= 11 is 0. The van der Waals surface area contributed by atoms with Crippen LogP contribution in [0.4, 0.5) is 5.82 Å². The number of aliphatic hydroxyl groups is 1. The Kier molecular flexibility index (Phi) is 6.50. The molecule has 0 aliphatic carbocycles. The first-order valence-electron chi connectivity index (χ1n) is 11.5. The largest absolute Gasteiger partial charge is 0.481 e. The Morgan fingerprint density at radius 1 is 1.24 bits per heavy atom. The Morgan fingerprint density at radius 3 is 2.88 bits per heavy atom. The van der Waals surface area contributed by atoms with Crippen LogP contribution in [-0.2, 0) is 16.1 Å². The standard InChI is InChI=1S/C24H28N6O4/c1-33-23-17(13-31)10-16(11-25-23)19-2-3-20-21(29-19)22(27-14-26-20)28-18-4-7-30(12-18)24(32)15-5-8-34-9-6-15/h2-3,10-11,14-15,18,31H,4-9,12-13H2,1H3,(H,26,27,28)/t18-/m0/s1. The Morgan fingerprint density at radius 2 is 2.09 bits per heavy atom. The number of hydrogen-bond donors (Lipinski definition) is 2. The van der Waals surface area contributed by atoms with E-state index in [9.17, 15) is 9.90 Å². The fourth-order valence-corrected chi connectivity index (χ4v) is 4.62. The number of carbonyl (C=O) groups is 1. The predicted octanol–water partition coefficient (Wildman–Crippen LogP) is 2.03. The smallest absolute Gasteiger partial charge is 0.225 e. The Bertz CT molecular complexity index is 1180. The number of anilines is 1. The van der Waals surface area contributed by atoms with Gasteiger partial charge in [0, 0.05) is 55.6 Å². The summed E-state index contributed by atoms with van der Waals surface area (Å²) in [6.07, 6.45) is 5.64. The van der Waals surface area contributed by atoms with Gasteiger partial charge in [0.2, 0.25) is 11.8 Å². The lowest BCUT2D eigenvalue weighted by Gasteiger charge is -2.26. The summed E-state index contributed by atoms with van der Waals surface area (Å²) in [4.78, 5) is 32.7. The maximum atomic E-state index is 12.9. The third kappa shape index (κ3) is 4.51. The van der Waals surface area contributed by atoms with Crippen molar-refractivity contribution in [1.29, 1.82) is 0 Å². The molecule has 2 aliphatic heterocycles. The number of fused-ring (bicyclic) bond motifs is 1. The van der Waals surface area contributed by atoms with E-state index in [1.807, 2.05) is 23.1 Å². The maximum absolute atomic E-state index is 12.9. The van der Waals surface area contributed by atoms with E-state index >= 15 is 0 Å². The van der Waals surface area contributed by atoms with Crippen LogP contribution in [0.1, 0.15) is 24.8 Å². The van der Waals surface area contributed by atoms with Gasteiger partial charge in [0.1, 0.15) is 11.8 Å². The molecule has 10 heteroatoms. The minimum absolute atomic E-state index is 0.0681. The number of rotatable bonds is 6. The summed E-state index contributed by atoms with van der Waals surface area (Å²) in [7, 11) is 1.52. The first kappa shape index (κ1) is 22.4. The number of likely N-dealkylation sites (tertiary alicyclic amines) is 1. The molecule has 3 aromatic rings. The second-order valence-corrected chi connectivity index (χ2v) is 8.64. The fourth-order valence-electron chi connectivity index (χ4n) is 4.62. The van der Waals surface area contributed by atoms with Gasteiger partial charge >= 0.3 is 0 Å². The highest BCUT2D eigenvalue weighted by molar-refractivity contribution is 5.87. The number of methoxy groups -OCH3 is 1. The van der Waals surface area contributed by atoms with Crippen molar-refractivity contribution in [3.63, 3.8) is 0 Å².